The van der Waals surface area contributed by atoms with Gasteiger partial charge in [-0.3, -0.25) is 0 Å². The lowest BCUT2D eigenvalue weighted by Gasteiger charge is -2.20. The molecule has 10 rings (SSSR count). The van der Waals surface area contributed by atoms with Gasteiger partial charge in [0.2, 0.25) is 0 Å². The fraction of sp³-hybridized carbons (Fsp3) is 0.0989. The molecule has 0 bridgehead atoms. The third kappa shape index (κ3) is 17.4. The average Bonchev–Trinajstić information content (AvgIpc) is 1.07. The van der Waals surface area contributed by atoms with Gasteiger partial charge in [-0.25, -0.2) is 0 Å². The molecule has 10 aromatic rings. The molecular weight excluding hydrogens is 1150 g/mol. The van der Waals surface area contributed by atoms with Crippen LogP contribution in [0.2, 0.25) is 37.8 Å². The fourth-order valence-corrected chi connectivity index (χ4v) is 14.0. The quantitative estimate of drug-likeness (QED) is 0.0797. The summed E-state index contributed by atoms with van der Waals surface area (Å²) in [7, 11) is -3.94. The smallest absolute Gasteiger partial charge is 0.126 e. The molecule has 0 saturated heterocycles. The van der Waals surface area contributed by atoms with Crippen LogP contribution in [0.3, 0.4) is 0 Å². The number of benzene rings is 10. The second kappa shape index (κ2) is 32.4. The minimum atomic E-state index is -2.00. The van der Waals surface area contributed by atoms with Crippen molar-refractivity contribution >= 4 is 44.0 Å². The van der Waals surface area contributed by atoms with Gasteiger partial charge in [0.05, 0.1) is 27.9 Å². The van der Waals surface area contributed by atoms with Crippen LogP contribution in [0.1, 0.15) is 76.4 Å². The second-order valence-corrected chi connectivity index (χ2v) is 33.2. The molecule has 0 unspecified atom stereocenters. The standard InChI is InChI=1S/C91H74Si2/c1-7-93(8-2,9-3)71-69-86(91(80-56-36-18-37-57-80)81-58-38-19-39-59-81)67-65-84(89(76-48-28-14-29-49-76)77-50-30-15-31-51-77)63-61-82(87(72-40-20-10-21-41-72)73-42-22-11-23-43-73)60-62-83(88(74-44-24-12-25-45-74)75-46-26-13-27-47-75)64-66-85(68-70-92(4,5)6)90(78-52-32-16-33-53-78)79-54-34-17-35-55-79/h10-59H,7-9H2,1-6H3. The highest BCUT2D eigenvalue weighted by molar-refractivity contribution is 6.87. The summed E-state index contributed by atoms with van der Waals surface area (Å²) in [5.41, 5.74) is 25.5. The molecule has 0 aliphatic rings. The van der Waals surface area contributed by atoms with E-state index < -0.39 is 16.1 Å². The lowest BCUT2D eigenvalue weighted by Crippen LogP contribution is -2.29. The van der Waals surface area contributed by atoms with Crippen LogP contribution in [0.4, 0.5) is 0 Å². The summed E-state index contributed by atoms with van der Waals surface area (Å²) in [6.45, 7) is 13.7. The Morgan fingerprint density at radius 3 is 0.484 bits per heavy atom. The highest BCUT2D eigenvalue weighted by Gasteiger charge is 2.25. The SMILES string of the molecule is CC[Si](C#CC(C#CC(C#CC(C#CC(C#CC(C#C[Si](C)(C)C)=C(c1ccccc1)c1ccccc1)=C(c1ccccc1)c1ccccc1)=C(c1ccccc1)c1ccccc1)=C(c1ccccc1)c1ccccc1)=C(c1ccccc1)c1ccccc1)(CC)CC. The molecule has 0 aliphatic heterocycles. The van der Waals surface area contributed by atoms with Crippen LogP contribution >= 0.6 is 0 Å². The van der Waals surface area contributed by atoms with Crippen LogP contribution in [0, 0.1) is 70.3 Å². The van der Waals surface area contributed by atoms with Crippen LogP contribution in [-0.4, -0.2) is 16.1 Å². The van der Waals surface area contributed by atoms with Gasteiger partial charge >= 0.3 is 0 Å². The molecule has 2 heteroatoms. The summed E-state index contributed by atoms with van der Waals surface area (Å²) in [5, 5.41) is 0. The summed E-state index contributed by atoms with van der Waals surface area (Å²) in [6.07, 6.45) is 0. The zero-order valence-corrected chi connectivity index (χ0v) is 56.0. The first kappa shape index (κ1) is 64.7. The Bertz CT molecular complexity index is 4530. The molecule has 0 amide bonds. The maximum Gasteiger partial charge on any atom is 0.138 e. The highest BCUT2D eigenvalue weighted by atomic mass is 28.3. The number of allylic oxidation sites excluding steroid dienone is 5. The van der Waals surface area contributed by atoms with Crippen LogP contribution in [0.15, 0.2) is 331 Å². The molecule has 0 N–H and O–H groups in total. The van der Waals surface area contributed by atoms with Crippen molar-refractivity contribution in [2.45, 2.75) is 58.5 Å². The minimum Gasteiger partial charge on any atom is -0.126 e. The van der Waals surface area contributed by atoms with E-state index in [9.17, 15) is 0 Å². The predicted octanol–water partition coefficient (Wildman–Crippen LogP) is 21.4. The topological polar surface area (TPSA) is 0 Å². The van der Waals surface area contributed by atoms with Gasteiger partial charge in [-0.15, -0.1) is 11.1 Å². The fourth-order valence-electron chi connectivity index (χ4n) is 11.1. The lowest BCUT2D eigenvalue weighted by atomic mass is 9.90. The Kier molecular flexibility index (Phi) is 22.6. The van der Waals surface area contributed by atoms with E-state index in [0.29, 0.717) is 16.7 Å². The first-order valence-electron chi connectivity index (χ1n) is 32.0. The Balaban J connectivity index is 1.36. The van der Waals surface area contributed by atoms with Crippen molar-refractivity contribution in [2.75, 3.05) is 0 Å². The van der Waals surface area contributed by atoms with Gasteiger partial charge < -0.3 is 0 Å². The number of hydrogen-bond donors (Lipinski definition) is 0. The van der Waals surface area contributed by atoms with Crippen LogP contribution in [-0.2, 0) is 0 Å². The van der Waals surface area contributed by atoms with E-state index in [0.717, 1.165) is 113 Å². The van der Waals surface area contributed by atoms with Crippen LogP contribution < -0.4 is 0 Å². The molecule has 0 aromatic heterocycles. The molecule has 446 valence electrons. The van der Waals surface area contributed by atoms with Gasteiger partial charge in [0, 0.05) is 27.9 Å². The average molecular weight is 1220 g/mol. The molecule has 0 aliphatic carbocycles. The Labute approximate surface area is 556 Å². The van der Waals surface area contributed by atoms with Crippen molar-refractivity contribution in [2.24, 2.45) is 0 Å². The maximum absolute atomic E-state index is 3.96. The van der Waals surface area contributed by atoms with Crippen molar-refractivity contribution in [3.63, 3.8) is 0 Å². The largest absolute Gasteiger partial charge is 0.138 e. The molecule has 0 heterocycles. The van der Waals surface area contributed by atoms with Crippen molar-refractivity contribution in [3.05, 3.63) is 387 Å². The van der Waals surface area contributed by atoms with E-state index in [-0.39, 0.29) is 0 Å². The van der Waals surface area contributed by atoms with Gasteiger partial charge in [-0.1, -0.05) is 403 Å². The van der Waals surface area contributed by atoms with Gasteiger partial charge in [-0.2, -0.15) is 0 Å². The molecular formula is C91H74Si2. The molecule has 0 nitrogen and oxygen atoms in total. The summed E-state index contributed by atoms with van der Waals surface area (Å²) in [4.78, 5) is 0. The van der Waals surface area contributed by atoms with Gasteiger partial charge in [-0.05, 0) is 73.8 Å². The van der Waals surface area contributed by atoms with E-state index in [1.54, 1.807) is 0 Å². The molecule has 93 heavy (non-hydrogen) atoms. The zero-order chi connectivity index (χ0) is 64.5. The monoisotopic (exact) mass is 1220 g/mol. The Hall–Kier alpha value is -11.3. The first-order chi connectivity index (χ1) is 45.6. The molecule has 0 saturated carbocycles. The van der Waals surface area contributed by atoms with Crippen molar-refractivity contribution in [1.29, 1.82) is 0 Å². The van der Waals surface area contributed by atoms with Crippen LogP contribution in [0.25, 0.3) is 27.9 Å². The summed E-state index contributed by atoms with van der Waals surface area (Å²) >= 11 is 0. The van der Waals surface area contributed by atoms with E-state index in [1.807, 2.05) is 48.5 Å². The Morgan fingerprint density at radius 1 is 0.204 bits per heavy atom. The molecule has 0 radical (unpaired) electrons. The van der Waals surface area contributed by atoms with E-state index in [2.05, 4.69) is 365 Å². The van der Waals surface area contributed by atoms with Gasteiger partial charge in [0.1, 0.15) is 16.1 Å². The third-order valence-electron chi connectivity index (χ3n) is 16.2. The molecule has 0 spiro atoms. The Morgan fingerprint density at radius 2 is 0.344 bits per heavy atom. The second-order valence-electron chi connectivity index (χ2n) is 23.5. The maximum atomic E-state index is 3.96. The molecule has 10 aromatic carbocycles. The van der Waals surface area contributed by atoms with Gasteiger partial charge in [0.25, 0.3) is 0 Å². The molecule has 0 fully saturated rings. The predicted molar refractivity (Wildman–Crippen MR) is 402 cm³/mol. The summed E-state index contributed by atoms with van der Waals surface area (Å²) in [5.74, 6) is 37.9. The van der Waals surface area contributed by atoms with Crippen molar-refractivity contribution in [3.8, 4) is 70.3 Å². The minimum absolute atomic E-state index is 0.588. The van der Waals surface area contributed by atoms with E-state index in [4.69, 9.17) is 0 Å². The third-order valence-corrected chi connectivity index (χ3v) is 21.8. The summed E-state index contributed by atoms with van der Waals surface area (Å²) in [6, 6.07) is 108. The van der Waals surface area contributed by atoms with E-state index >= 15 is 0 Å². The summed E-state index contributed by atoms with van der Waals surface area (Å²) < 4.78 is 0. The van der Waals surface area contributed by atoms with Crippen LogP contribution in [0.5, 0.6) is 0 Å². The number of hydrogen-bond acceptors (Lipinski definition) is 0. The van der Waals surface area contributed by atoms with Crippen molar-refractivity contribution in [1.82, 2.24) is 0 Å². The first-order valence-corrected chi connectivity index (χ1v) is 38.2. The zero-order valence-electron chi connectivity index (χ0n) is 54.0. The lowest BCUT2D eigenvalue weighted by molar-refractivity contribution is 1.20. The van der Waals surface area contributed by atoms with E-state index in [1.165, 1.54) is 0 Å². The normalized spacial score (nSPS) is 10.3. The highest BCUT2D eigenvalue weighted by Crippen LogP contribution is 2.34. The number of rotatable bonds is 13. The van der Waals surface area contributed by atoms with Crippen molar-refractivity contribution < 1.29 is 0 Å². The molecule has 0 atom stereocenters. The van der Waals surface area contributed by atoms with Gasteiger partial charge in [0.15, 0.2) is 0 Å².